The number of hydrogen-bond donors (Lipinski definition) is 1. The van der Waals surface area contributed by atoms with E-state index in [1.807, 2.05) is 12.1 Å². The van der Waals surface area contributed by atoms with Crippen LogP contribution < -0.4 is 10.1 Å². The normalized spacial score (nSPS) is 11.5. The van der Waals surface area contributed by atoms with Gasteiger partial charge >= 0.3 is 5.97 Å². The molecule has 0 unspecified atom stereocenters. The van der Waals surface area contributed by atoms with Crippen LogP contribution >= 0.6 is 22.9 Å². The zero-order chi connectivity index (χ0) is 20.1. The highest BCUT2D eigenvalue weighted by molar-refractivity contribution is 7.13. The van der Waals surface area contributed by atoms with Crippen LogP contribution in [0.15, 0.2) is 53.9 Å². The third-order valence-corrected chi connectivity index (χ3v) is 4.90. The van der Waals surface area contributed by atoms with E-state index >= 15 is 0 Å². The molecule has 0 fully saturated rings. The number of ether oxygens (including phenoxy) is 2. The van der Waals surface area contributed by atoms with Crippen molar-refractivity contribution in [1.29, 1.82) is 0 Å². The highest BCUT2D eigenvalue weighted by Crippen LogP contribution is 2.26. The van der Waals surface area contributed by atoms with E-state index in [0.717, 1.165) is 5.56 Å². The number of hydrogen-bond acceptors (Lipinski definition) is 6. The molecule has 0 bridgehead atoms. The summed E-state index contributed by atoms with van der Waals surface area (Å²) < 4.78 is 10.3. The van der Waals surface area contributed by atoms with Crippen LogP contribution in [0.5, 0.6) is 5.75 Å². The molecule has 0 saturated carbocycles. The fraction of sp³-hybridized carbons (Fsp3) is 0.150. The van der Waals surface area contributed by atoms with Gasteiger partial charge in [0.2, 0.25) is 0 Å². The Morgan fingerprint density at radius 3 is 2.71 bits per heavy atom. The standard InChI is InChI=1S/C20H17ClN2O4S/c1-12(18(24)22-15-7-4-8-16(10-15)26-2)27-20(25)17-11-28-19(23-17)13-5-3-6-14(21)9-13/h3-12H,1-2H3,(H,22,24)/t12-/m0/s1. The molecule has 28 heavy (non-hydrogen) atoms. The molecule has 0 saturated heterocycles. The molecule has 1 aromatic heterocycles. The van der Waals surface area contributed by atoms with Crippen molar-refractivity contribution in [1.82, 2.24) is 4.98 Å². The number of methoxy groups -OCH3 is 1. The second-order valence-electron chi connectivity index (χ2n) is 5.82. The van der Waals surface area contributed by atoms with Crippen molar-refractivity contribution in [2.45, 2.75) is 13.0 Å². The second-order valence-corrected chi connectivity index (χ2v) is 7.11. The van der Waals surface area contributed by atoms with Crippen LogP contribution in [-0.2, 0) is 9.53 Å². The van der Waals surface area contributed by atoms with E-state index in [9.17, 15) is 9.59 Å². The average molecular weight is 417 g/mol. The average Bonchev–Trinajstić information content (AvgIpc) is 3.18. The van der Waals surface area contributed by atoms with Crippen LogP contribution in [0.2, 0.25) is 5.02 Å². The van der Waals surface area contributed by atoms with Crippen molar-refractivity contribution in [3.8, 4) is 16.3 Å². The lowest BCUT2D eigenvalue weighted by molar-refractivity contribution is -0.123. The van der Waals surface area contributed by atoms with Gasteiger partial charge in [-0.25, -0.2) is 9.78 Å². The Balaban J connectivity index is 1.63. The summed E-state index contributed by atoms with van der Waals surface area (Å²) in [6.07, 6.45) is -0.991. The van der Waals surface area contributed by atoms with Gasteiger partial charge in [-0.3, -0.25) is 4.79 Å². The van der Waals surface area contributed by atoms with Gasteiger partial charge in [-0.2, -0.15) is 0 Å². The fourth-order valence-electron chi connectivity index (χ4n) is 2.34. The molecule has 8 heteroatoms. The van der Waals surface area contributed by atoms with Gasteiger partial charge in [-0.1, -0.05) is 29.8 Å². The zero-order valence-corrected chi connectivity index (χ0v) is 16.7. The molecule has 144 valence electrons. The smallest absolute Gasteiger partial charge is 0.358 e. The van der Waals surface area contributed by atoms with Crippen molar-refractivity contribution in [2.75, 3.05) is 12.4 Å². The Bertz CT molecular complexity index is 1010. The lowest BCUT2D eigenvalue weighted by Gasteiger charge is -2.13. The molecule has 3 rings (SSSR count). The van der Waals surface area contributed by atoms with Gasteiger partial charge in [0.15, 0.2) is 11.8 Å². The van der Waals surface area contributed by atoms with Gasteiger partial charge in [0.05, 0.1) is 7.11 Å². The lowest BCUT2D eigenvalue weighted by atomic mass is 10.2. The molecule has 0 aliphatic carbocycles. The second kappa shape index (κ2) is 8.86. The van der Waals surface area contributed by atoms with Crippen molar-refractivity contribution < 1.29 is 19.1 Å². The number of halogens is 1. The highest BCUT2D eigenvalue weighted by Gasteiger charge is 2.21. The maximum absolute atomic E-state index is 12.3. The summed E-state index contributed by atoms with van der Waals surface area (Å²) >= 11 is 7.28. The highest BCUT2D eigenvalue weighted by atomic mass is 35.5. The first-order chi connectivity index (χ1) is 13.5. The predicted octanol–water partition coefficient (Wildman–Crippen LogP) is 4.66. The summed E-state index contributed by atoms with van der Waals surface area (Å²) in [5.74, 6) is -0.511. The number of rotatable bonds is 6. The molecular formula is C20H17ClN2O4S. The molecule has 0 aliphatic rings. The molecule has 1 heterocycles. The summed E-state index contributed by atoms with van der Waals surface area (Å²) in [6.45, 7) is 1.50. The van der Waals surface area contributed by atoms with Gasteiger partial charge in [0.25, 0.3) is 5.91 Å². The third-order valence-electron chi connectivity index (χ3n) is 3.78. The maximum Gasteiger partial charge on any atom is 0.358 e. The zero-order valence-electron chi connectivity index (χ0n) is 15.1. The Morgan fingerprint density at radius 2 is 1.96 bits per heavy atom. The first-order valence-corrected chi connectivity index (χ1v) is 9.59. The van der Waals surface area contributed by atoms with E-state index in [2.05, 4.69) is 10.3 Å². The Morgan fingerprint density at radius 1 is 1.18 bits per heavy atom. The van der Waals surface area contributed by atoms with Gasteiger partial charge in [-0.15, -0.1) is 11.3 Å². The summed E-state index contributed by atoms with van der Waals surface area (Å²) in [5, 5.41) is 5.50. The van der Waals surface area contributed by atoms with Crippen LogP contribution in [0.4, 0.5) is 5.69 Å². The number of amides is 1. The number of anilines is 1. The molecule has 3 aromatic rings. The monoisotopic (exact) mass is 416 g/mol. The number of carbonyl (C=O) groups excluding carboxylic acids is 2. The SMILES string of the molecule is COc1cccc(NC(=O)[C@H](C)OC(=O)c2csc(-c3cccc(Cl)c3)n2)c1. The first-order valence-electron chi connectivity index (χ1n) is 8.33. The summed E-state index contributed by atoms with van der Waals surface area (Å²) in [6, 6.07) is 14.1. The minimum atomic E-state index is -0.991. The van der Waals surface area contributed by atoms with Crippen LogP contribution in [-0.4, -0.2) is 30.1 Å². The van der Waals surface area contributed by atoms with Gasteiger partial charge in [0, 0.05) is 27.7 Å². The van der Waals surface area contributed by atoms with E-state index < -0.39 is 18.0 Å². The van der Waals surface area contributed by atoms with Crippen LogP contribution in [0, 0.1) is 0 Å². The van der Waals surface area contributed by atoms with E-state index in [-0.39, 0.29) is 5.69 Å². The number of nitrogens with one attached hydrogen (secondary N) is 1. The number of thiazole rings is 1. The number of aromatic nitrogens is 1. The number of carbonyl (C=O) groups is 2. The molecule has 6 nitrogen and oxygen atoms in total. The summed E-state index contributed by atoms with van der Waals surface area (Å²) in [4.78, 5) is 28.9. The fourth-order valence-corrected chi connectivity index (χ4v) is 3.32. The molecule has 1 N–H and O–H groups in total. The van der Waals surface area contributed by atoms with Crippen molar-refractivity contribution in [3.63, 3.8) is 0 Å². The van der Waals surface area contributed by atoms with Gasteiger partial charge < -0.3 is 14.8 Å². The Labute approximate surface area is 171 Å². The quantitative estimate of drug-likeness (QED) is 0.591. The lowest BCUT2D eigenvalue weighted by Crippen LogP contribution is -2.30. The van der Waals surface area contributed by atoms with Gasteiger partial charge in [0.1, 0.15) is 10.8 Å². The Hall–Kier alpha value is -2.90. The van der Waals surface area contributed by atoms with Crippen LogP contribution in [0.25, 0.3) is 10.6 Å². The van der Waals surface area contributed by atoms with Crippen LogP contribution in [0.1, 0.15) is 17.4 Å². The van der Waals surface area contributed by atoms with E-state index in [0.29, 0.717) is 21.5 Å². The van der Waals surface area contributed by atoms with Gasteiger partial charge in [-0.05, 0) is 31.2 Å². The molecule has 0 aliphatic heterocycles. The minimum absolute atomic E-state index is 0.140. The molecule has 0 spiro atoms. The first kappa shape index (κ1) is 19.9. The van der Waals surface area contributed by atoms with Crippen molar-refractivity contribution in [3.05, 3.63) is 64.6 Å². The molecule has 1 atom stereocenters. The maximum atomic E-state index is 12.3. The van der Waals surface area contributed by atoms with Crippen molar-refractivity contribution >= 4 is 40.5 Å². The largest absolute Gasteiger partial charge is 0.497 e. The summed E-state index contributed by atoms with van der Waals surface area (Å²) in [7, 11) is 1.54. The topological polar surface area (TPSA) is 77.5 Å². The minimum Gasteiger partial charge on any atom is -0.497 e. The number of esters is 1. The van der Waals surface area contributed by atoms with E-state index in [1.165, 1.54) is 25.4 Å². The predicted molar refractivity (Wildman–Crippen MR) is 109 cm³/mol. The molecular weight excluding hydrogens is 400 g/mol. The van der Waals surface area contributed by atoms with E-state index in [1.54, 1.807) is 41.8 Å². The number of nitrogens with zero attached hydrogens (tertiary/aromatic N) is 1. The molecule has 1 amide bonds. The molecule has 2 aromatic carbocycles. The van der Waals surface area contributed by atoms with Crippen molar-refractivity contribution in [2.24, 2.45) is 0 Å². The Kier molecular flexibility index (Phi) is 6.28. The molecule has 0 radical (unpaired) electrons. The van der Waals surface area contributed by atoms with E-state index in [4.69, 9.17) is 21.1 Å². The summed E-state index contributed by atoms with van der Waals surface area (Å²) in [5.41, 5.74) is 1.49. The third kappa shape index (κ3) is 4.88. The van der Waals surface area contributed by atoms with Crippen LogP contribution in [0.3, 0.4) is 0 Å². The number of benzene rings is 2.